The number of carbonyl (C=O) groups excluding carboxylic acids is 1. The molecule has 0 bridgehead atoms. The van der Waals surface area contributed by atoms with Crippen LogP contribution in [0.3, 0.4) is 0 Å². The first-order valence-electron chi connectivity index (χ1n) is 9.45. The standard InChI is InChI=1S/C22H25N3O3/c1-15-19-14-18(28-3)8-9-20(19)23-21(15)22(26)25-12-10-24(11-13-25)16-4-6-17(27-2)7-5-16/h4-9,14,23H,10-13H2,1-3H3. The Morgan fingerprint density at radius 3 is 2.21 bits per heavy atom. The highest BCUT2D eigenvalue weighted by Crippen LogP contribution is 2.27. The van der Waals surface area contributed by atoms with Gasteiger partial charge in [-0.05, 0) is 55.0 Å². The van der Waals surface area contributed by atoms with Crippen molar-refractivity contribution in [2.45, 2.75) is 6.92 Å². The third-order valence-corrected chi connectivity index (χ3v) is 5.48. The first-order chi connectivity index (χ1) is 13.6. The summed E-state index contributed by atoms with van der Waals surface area (Å²) in [6, 6.07) is 13.9. The number of aryl methyl sites for hydroxylation is 1. The smallest absolute Gasteiger partial charge is 0.270 e. The van der Waals surface area contributed by atoms with Gasteiger partial charge in [0.15, 0.2) is 0 Å². The molecule has 6 nitrogen and oxygen atoms in total. The Morgan fingerprint density at radius 2 is 1.57 bits per heavy atom. The molecule has 0 atom stereocenters. The Labute approximate surface area is 164 Å². The van der Waals surface area contributed by atoms with Gasteiger partial charge in [0.05, 0.1) is 14.2 Å². The van der Waals surface area contributed by atoms with E-state index in [1.54, 1.807) is 14.2 Å². The Hall–Kier alpha value is -3.15. The van der Waals surface area contributed by atoms with Gasteiger partial charge < -0.3 is 24.3 Å². The zero-order valence-corrected chi connectivity index (χ0v) is 16.5. The maximum Gasteiger partial charge on any atom is 0.270 e. The number of benzene rings is 2. The maximum absolute atomic E-state index is 13.1. The molecule has 2 heterocycles. The number of nitrogens with one attached hydrogen (secondary N) is 1. The van der Waals surface area contributed by atoms with E-state index in [1.165, 1.54) is 0 Å². The molecule has 0 unspecified atom stereocenters. The van der Waals surface area contributed by atoms with E-state index in [9.17, 15) is 4.79 Å². The Bertz CT molecular complexity index is 986. The van der Waals surface area contributed by atoms with Crippen molar-refractivity contribution >= 4 is 22.5 Å². The average Bonchev–Trinajstić information content (AvgIpc) is 3.09. The van der Waals surface area contributed by atoms with Crippen LogP contribution in [0.2, 0.25) is 0 Å². The average molecular weight is 379 g/mol. The summed E-state index contributed by atoms with van der Waals surface area (Å²) in [5.41, 5.74) is 3.75. The first-order valence-corrected chi connectivity index (χ1v) is 9.45. The second-order valence-corrected chi connectivity index (χ2v) is 7.01. The fourth-order valence-corrected chi connectivity index (χ4v) is 3.77. The number of hydrogen-bond acceptors (Lipinski definition) is 4. The number of H-pyrrole nitrogens is 1. The molecule has 1 aliphatic heterocycles. The minimum atomic E-state index is 0.0575. The number of amides is 1. The van der Waals surface area contributed by atoms with Crippen molar-refractivity contribution < 1.29 is 14.3 Å². The van der Waals surface area contributed by atoms with Crippen molar-refractivity contribution in [3.8, 4) is 11.5 Å². The molecule has 2 aromatic carbocycles. The molecule has 1 saturated heterocycles. The summed E-state index contributed by atoms with van der Waals surface area (Å²) in [6.07, 6.45) is 0. The predicted octanol–water partition coefficient (Wildman–Crippen LogP) is 3.46. The van der Waals surface area contributed by atoms with Gasteiger partial charge in [-0.3, -0.25) is 4.79 Å². The summed E-state index contributed by atoms with van der Waals surface area (Å²) in [4.78, 5) is 20.6. The zero-order chi connectivity index (χ0) is 19.7. The number of rotatable bonds is 4. The molecule has 4 rings (SSSR count). The second kappa shape index (κ2) is 7.46. The molecular formula is C22H25N3O3. The van der Waals surface area contributed by atoms with Crippen LogP contribution in [0.5, 0.6) is 11.5 Å². The summed E-state index contributed by atoms with van der Waals surface area (Å²) in [5, 5.41) is 1.03. The first kappa shape index (κ1) is 18.2. The fourth-order valence-electron chi connectivity index (χ4n) is 3.77. The molecule has 0 radical (unpaired) electrons. The Balaban J connectivity index is 1.48. The highest BCUT2D eigenvalue weighted by molar-refractivity contribution is 6.01. The summed E-state index contributed by atoms with van der Waals surface area (Å²) >= 11 is 0. The monoisotopic (exact) mass is 379 g/mol. The van der Waals surface area contributed by atoms with Gasteiger partial charge >= 0.3 is 0 Å². The summed E-state index contributed by atoms with van der Waals surface area (Å²) in [5.74, 6) is 1.70. The summed E-state index contributed by atoms with van der Waals surface area (Å²) < 4.78 is 10.5. The number of nitrogens with zero attached hydrogens (tertiary/aromatic N) is 2. The fraction of sp³-hybridized carbons (Fsp3) is 0.318. The number of methoxy groups -OCH3 is 2. The number of aromatic amines is 1. The van der Waals surface area contributed by atoms with E-state index < -0.39 is 0 Å². The van der Waals surface area contributed by atoms with Gasteiger partial charge in [-0.1, -0.05) is 0 Å². The molecule has 0 spiro atoms. The van der Waals surface area contributed by atoms with E-state index >= 15 is 0 Å². The van der Waals surface area contributed by atoms with Crippen molar-refractivity contribution in [1.82, 2.24) is 9.88 Å². The van der Waals surface area contributed by atoms with Crippen molar-refractivity contribution in [3.63, 3.8) is 0 Å². The van der Waals surface area contributed by atoms with Gasteiger partial charge in [0.25, 0.3) is 5.91 Å². The Kier molecular flexibility index (Phi) is 4.86. The molecule has 146 valence electrons. The van der Waals surface area contributed by atoms with Crippen molar-refractivity contribution in [3.05, 3.63) is 53.7 Å². The van der Waals surface area contributed by atoms with Crippen molar-refractivity contribution in [2.75, 3.05) is 45.3 Å². The number of fused-ring (bicyclic) bond motifs is 1. The molecule has 0 aliphatic carbocycles. The second-order valence-electron chi connectivity index (χ2n) is 7.01. The number of aromatic nitrogens is 1. The van der Waals surface area contributed by atoms with E-state index in [1.807, 2.05) is 42.2 Å². The Morgan fingerprint density at radius 1 is 0.929 bits per heavy atom. The van der Waals surface area contributed by atoms with E-state index in [2.05, 4.69) is 22.0 Å². The van der Waals surface area contributed by atoms with Crippen molar-refractivity contribution in [2.24, 2.45) is 0 Å². The lowest BCUT2D eigenvalue weighted by molar-refractivity contribution is 0.0741. The van der Waals surface area contributed by atoms with Crippen molar-refractivity contribution in [1.29, 1.82) is 0 Å². The van der Waals surface area contributed by atoms with Gasteiger partial charge in [-0.15, -0.1) is 0 Å². The van der Waals surface area contributed by atoms with Gasteiger partial charge in [0.1, 0.15) is 17.2 Å². The van der Waals surface area contributed by atoms with Crippen LogP contribution < -0.4 is 14.4 Å². The van der Waals surface area contributed by atoms with Crippen LogP contribution in [0.4, 0.5) is 5.69 Å². The number of hydrogen-bond donors (Lipinski definition) is 1. The van der Waals surface area contributed by atoms with Crippen LogP contribution in [-0.2, 0) is 0 Å². The largest absolute Gasteiger partial charge is 0.497 e. The van der Waals surface area contributed by atoms with Crippen LogP contribution in [-0.4, -0.2) is 56.2 Å². The van der Waals surface area contributed by atoms with E-state index in [-0.39, 0.29) is 5.91 Å². The van der Waals surface area contributed by atoms with Crippen LogP contribution >= 0.6 is 0 Å². The quantitative estimate of drug-likeness (QED) is 0.754. The van der Waals surface area contributed by atoms with E-state index in [0.29, 0.717) is 18.8 Å². The predicted molar refractivity (Wildman–Crippen MR) is 111 cm³/mol. The molecule has 6 heteroatoms. The van der Waals surface area contributed by atoms with E-state index in [4.69, 9.17) is 9.47 Å². The molecule has 0 saturated carbocycles. The molecule has 1 aromatic heterocycles. The number of ether oxygens (including phenoxy) is 2. The topological polar surface area (TPSA) is 57.8 Å². The molecular weight excluding hydrogens is 354 g/mol. The zero-order valence-electron chi connectivity index (χ0n) is 16.5. The minimum Gasteiger partial charge on any atom is -0.497 e. The van der Waals surface area contributed by atoms with E-state index in [0.717, 1.165) is 46.7 Å². The molecule has 28 heavy (non-hydrogen) atoms. The van der Waals surface area contributed by atoms with Gasteiger partial charge in [0, 0.05) is 42.8 Å². The lowest BCUT2D eigenvalue weighted by Gasteiger charge is -2.36. The third kappa shape index (κ3) is 3.26. The van der Waals surface area contributed by atoms with Crippen LogP contribution in [0.15, 0.2) is 42.5 Å². The maximum atomic E-state index is 13.1. The van der Waals surface area contributed by atoms with Gasteiger partial charge in [0.2, 0.25) is 0 Å². The summed E-state index contributed by atoms with van der Waals surface area (Å²) in [7, 11) is 3.32. The highest BCUT2D eigenvalue weighted by atomic mass is 16.5. The third-order valence-electron chi connectivity index (χ3n) is 5.48. The highest BCUT2D eigenvalue weighted by Gasteiger charge is 2.25. The molecule has 1 N–H and O–H groups in total. The lowest BCUT2D eigenvalue weighted by atomic mass is 10.1. The minimum absolute atomic E-state index is 0.0575. The number of carbonyl (C=O) groups is 1. The lowest BCUT2D eigenvalue weighted by Crippen LogP contribution is -2.49. The molecule has 1 aliphatic rings. The SMILES string of the molecule is COc1ccc(N2CCN(C(=O)c3[nH]c4ccc(OC)cc4c3C)CC2)cc1. The number of piperazine rings is 1. The molecule has 1 fully saturated rings. The normalized spacial score (nSPS) is 14.4. The van der Waals surface area contributed by atoms with Crippen LogP contribution in [0.25, 0.3) is 10.9 Å². The molecule has 3 aromatic rings. The molecule has 1 amide bonds. The van der Waals surface area contributed by atoms with Gasteiger partial charge in [-0.25, -0.2) is 0 Å². The van der Waals surface area contributed by atoms with Crippen LogP contribution in [0.1, 0.15) is 16.1 Å². The van der Waals surface area contributed by atoms with Crippen LogP contribution in [0, 0.1) is 6.92 Å². The summed E-state index contributed by atoms with van der Waals surface area (Å²) in [6.45, 7) is 5.00. The van der Waals surface area contributed by atoms with Gasteiger partial charge in [-0.2, -0.15) is 0 Å². The number of anilines is 1.